The average Bonchev–Trinajstić information content (AvgIpc) is 2.90. The second kappa shape index (κ2) is 12.1. The van der Waals surface area contributed by atoms with Gasteiger partial charge in [-0.15, -0.1) is 0 Å². The molecule has 0 bridgehead atoms. The van der Waals surface area contributed by atoms with E-state index in [1.165, 1.54) is 41.6 Å². The Labute approximate surface area is 244 Å². The Morgan fingerprint density at radius 3 is 2.50 bits per heavy atom. The zero-order valence-electron chi connectivity index (χ0n) is 24.2. The van der Waals surface area contributed by atoms with Gasteiger partial charge in [-0.1, -0.05) is 26.8 Å². The molecule has 4 rings (SSSR count). The highest BCUT2D eigenvalue weighted by Crippen LogP contribution is 2.39. The summed E-state index contributed by atoms with van der Waals surface area (Å²) in [4.78, 5) is 35.6. The number of benzene rings is 1. The summed E-state index contributed by atoms with van der Waals surface area (Å²) in [7, 11) is -2.25. The molecule has 13 heteroatoms. The van der Waals surface area contributed by atoms with E-state index in [-0.39, 0.29) is 39.6 Å². The van der Waals surface area contributed by atoms with Gasteiger partial charge in [0.1, 0.15) is 11.6 Å². The first-order valence-corrected chi connectivity index (χ1v) is 16.5. The number of nitrogens with zero attached hydrogens (tertiary/aromatic N) is 3. The van der Waals surface area contributed by atoms with Crippen molar-refractivity contribution in [2.45, 2.75) is 57.5 Å². The molecule has 1 aliphatic heterocycles. The van der Waals surface area contributed by atoms with Crippen molar-refractivity contribution in [2.24, 2.45) is 0 Å². The summed E-state index contributed by atoms with van der Waals surface area (Å²) in [5.74, 6) is -2.50. The highest BCUT2D eigenvalue weighted by Gasteiger charge is 2.44. The number of aromatic nitrogens is 2. The van der Waals surface area contributed by atoms with Crippen LogP contribution in [-0.2, 0) is 4.43 Å². The number of pyridine rings is 2. The van der Waals surface area contributed by atoms with Crippen molar-refractivity contribution in [1.82, 2.24) is 15.3 Å². The lowest BCUT2D eigenvalue weighted by atomic mass is 10.0. The molecule has 1 aromatic carbocycles. The van der Waals surface area contributed by atoms with Gasteiger partial charge in [-0.2, -0.15) is 0 Å². The smallest absolute Gasteiger partial charge is 0.412 e. The van der Waals surface area contributed by atoms with E-state index in [1.807, 2.05) is 0 Å². The molecule has 2 atom stereocenters. The fourth-order valence-electron chi connectivity index (χ4n) is 4.60. The summed E-state index contributed by atoms with van der Waals surface area (Å²) in [6.45, 7) is 11.6. The number of carbonyl (C=O) groups is 2. The molecule has 0 unspecified atom stereocenters. The largest absolute Gasteiger partial charge is 0.465 e. The molecule has 3 heterocycles. The van der Waals surface area contributed by atoms with Crippen molar-refractivity contribution in [1.29, 1.82) is 0 Å². The molecule has 2 amide bonds. The standard InChI is InChI=1S/C29H36F2N6O4Si/c1-29(2,3)42(4,5)41-24-12-14-34-16-23(24)37(28(39)40)22-11-13-33-15-21(22)36-27(38)26-19(32)9-10-20(35-26)25-17(30)7-6-8-18(25)31/h6-11,13,15,23-24,34H,12,14,16,32H2,1-5H3,(H,36,38)(H,39,40)/t23-,24-/m1/s1. The number of amides is 2. The number of halogens is 2. The molecule has 224 valence electrons. The van der Waals surface area contributed by atoms with E-state index >= 15 is 0 Å². The van der Waals surface area contributed by atoms with Gasteiger partial charge in [-0.05, 0) is 61.4 Å². The fraction of sp³-hybridized carbons (Fsp3) is 0.379. The monoisotopic (exact) mass is 598 g/mol. The van der Waals surface area contributed by atoms with Crippen molar-refractivity contribution >= 4 is 37.4 Å². The Morgan fingerprint density at radius 2 is 1.86 bits per heavy atom. The molecule has 42 heavy (non-hydrogen) atoms. The van der Waals surface area contributed by atoms with E-state index in [2.05, 4.69) is 54.5 Å². The van der Waals surface area contributed by atoms with Crippen LogP contribution in [0.15, 0.2) is 48.8 Å². The Balaban J connectivity index is 1.68. The second-order valence-electron chi connectivity index (χ2n) is 11.7. The minimum absolute atomic E-state index is 0.0344. The van der Waals surface area contributed by atoms with Crippen LogP contribution < -0.4 is 21.3 Å². The maximum absolute atomic E-state index is 14.4. The van der Waals surface area contributed by atoms with Crippen molar-refractivity contribution < 1.29 is 27.9 Å². The molecule has 1 saturated heterocycles. The highest BCUT2D eigenvalue weighted by atomic mass is 28.4. The van der Waals surface area contributed by atoms with E-state index in [4.69, 9.17) is 10.2 Å². The summed E-state index contributed by atoms with van der Waals surface area (Å²) in [6.07, 6.45) is 1.73. The molecule has 2 aromatic heterocycles. The van der Waals surface area contributed by atoms with Gasteiger partial charge in [0.15, 0.2) is 14.0 Å². The highest BCUT2D eigenvalue weighted by molar-refractivity contribution is 6.74. The number of rotatable bonds is 7. The van der Waals surface area contributed by atoms with Crippen LogP contribution in [0.4, 0.5) is 30.6 Å². The number of hydrogen-bond donors (Lipinski definition) is 4. The molecule has 5 N–H and O–H groups in total. The summed E-state index contributed by atoms with van der Waals surface area (Å²) < 4.78 is 35.5. The Hall–Kier alpha value is -3.94. The van der Waals surface area contributed by atoms with Crippen molar-refractivity contribution in [3.8, 4) is 11.3 Å². The molecular weight excluding hydrogens is 562 g/mol. The molecular formula is C29H36F2N6O4Si. The first kappa shape index (κ1) is 31.0. The molecule has 0 spiro atoms. The molecule has 10 nitrogen and oxygen atoms in total. The van der Waals surface area contributed by atoms with Gasteiger partial charge in [0, 0.05) is 12.7 Å². The molecule has 0 radical (unpaired) electrons. The van der Waals surface area contributed by atoms with Gasteiger partial charge >= 0.3 is 6.09 Å². The maximum atomic E-state index is 14.4. The van der Waals surface area contributed by atoms with Gasteiger partial charge in [-0.3, -0.25) is 14.7 Å². The van der Waals surface area contributed by atoms with Gasteiger partial charge in [0.25, 0.3) is 5.91 Å². The number of hydrogen-bond acceptors (Lipinski definition) is 7. The number of carbonyl (C=O) groups excluding carboxylic acids is 1. The van der Waals surface area contributed by atoms with Gasteiger partial charge in [-0.25, -0.2) is 18.6 Å². The average molecular weight is 599 g/mol. The minimum Gasteiger partial charge on any atom is -0.465 e. The number of anilines is 3. The van der Waals surface area contributed by atoms with E-state index in [0.29, 0.717) is 19.5 Å². The number of nitrogens with two attached hydrogens (primary N) is 1. The van der Waals surface area contributed by atoms with Crippen LogP contribution >= 0.6 is 0 Å². The first-order chi connectivity index (χ1) is 19.7. The van der Waals surface area contributed by atoms with Crippen LogP contribution in [0, 0.1) is 11.6 Å². The quantitative estimate of drug-likeness (QED) is 0.262. The molecule has 0 aliphatic carbocycles. The van der Waals surface area contributed by atoms with Crippen LogP contribution in [0.2, 0.25) is 18.1 Å². The van der Waals surface area contributed by atoms with Gasteiger partial charge in [0.2, 0.25) is 0 Å². The lowest BCUT2D eigenvalue weighted by Gasteiger charge is -2.45. The number of carboxylic acid groups (broad SMARTS) is 1. The Bertz CT molecular complexity index is 1460. The third-order valence-electron chi connectivity index (χ3n) is 7.84. The topological polar surface area (TPSA) is 143 Å². The zero-order valence-corrected chi connectivity index (χ0v) is 25.2. The van der Waals surface area contributed by atoms with Crippen LogP contribution in [0.3, 0.4) is 0 Å². The van der Waals surface area contributed by atoms with Crippen molar-refractivity contribution in [3.63, 3.8) is 0 Å². The van der Waals surface area contributed by atoms with Gasteiger partial charge in [0.05, 0.1) is 46.7 Å². The Kier molecular flexibility index (Phi) is 8.94. The lowest BCUT2D eigenvalue weighted by Crippen LogP contribution is -2.60. The first-order valence-electron chi connectivity index (χ1n) is 13.6. The Morgan fingerprint density at radius 1 is 1.17 bits per heavy atom. The van der Waals surface area contributed by atoms with E-state index in [0.717, 1.165) is 12.1 Å². The van der Waals surface area contributed by atoms with E-state index in [9.17, 15) is 23.5 Å². The third-order valence-corrected chi connectivity index (χ3v) is 12.3. The predicted octanol–water partition coefficient (Wildman–Crippen LogP) is 5.49. The number of nitrogens with one attached hydrogen (secondary N) is 2. The van der Waals surface area contributed by atoms with Crippen molar-refractivity contribution in [3.05, 3.63) is 66.1 Å². The van der Waals surface area contributed by atoms with E-state index < -0.39 is 43.6 Å². The fourth-order valence-corrected chi connectivity index (χ4v) is 5.99. The third kappa shape index (κ3) is 6.42. The lowest BCUT2D eigenvalue weighted by molar-refractivity contribution is 0.102. The molecule has 1 aliphatic rings. The van der Waals surface area contributed by atoms with Crippen LogP contribution in [-0.4, -0.2) is 60.6 Å². The summed E-state index contributed by atoms with van der Waals surface area (Å²) in [5.41, 5.74) is 5.44. The van der Waals surface area contributed by atoms with Crippen LogP contribution in [0.5, 0.6) is 0 Å². The molecule has 3 aromatic rings. The van der Waals surface area contributed by atoms with Crippen LogP contribution in [0.25, 0.3) is 11.3 Å². The van der Waals surface area contributed by atoms with Crippen molar-refractivity contribution in [2.75, 3.05) is 29.0 Å². The molecule has 1 fully saturated rings. The summed E-state index contributed by atoms with van der Waals surface area (Å²) in [5, 5.41) is 16.2. The zero-order chi connectivity index (χ0) is 30.8. The molecule has 0 saturated carbocycles. The maximum Gasteiger partial charge on any atom is 0.412 e. The van der Waals surface area contributed by atoms with E-state index in [1.54, 1.807) is 0 Å². The second-order valence-corrected chi connectivity index (χ2v) is 16.5. The summed E-state index contributed by atoms with van der Waals surface area (Å²) >= 11 is 0. The SMILES string of the molecule is CC(C)(C)[Si](C)(C)O[C@@H]1CCNC[C@H]1N(C(=O)O)c1ccncc1NC(=O)c1nc(-c2c(F)cccc2F)ccc1N. The van der Waals surface area contributed by atoms with Crippen LogP contribution in [0.1, 0.15) is 37.7 Å². The normalized spacial score (nSPS) is 17.5. The minimum atomic E-state index is -2.25. The van der Waals surface area contributed by atoms with Gasteiger partial charge < -0.3 is 25.9 Å². The predicted molar refractivity (Wildman–Crippen MR) is 160 cm³/mol. The summed E-state index contributed by atoms with van der Waals surface area (Å²) in [6, 6.07) is 6.92. The number of piperidine rings is 1. The number of nitrogen functional groups attached to an aromatic ring is 1.